The number of aromatic amines is 1. The molecule has 1 atom stereocenters. The van der Waals surface area contributed by atoms with Crippen LogP contribution >= 0.6 is 0 Å². The van der Waals surface area contributed by atoms with Crippen molar-refractivity contribution in [2.24, 2.45) is 0 Å². The highest BCUT2D eigenvalue weighted by atomic mass is 19.3. The number of fused-ring (bicyclic) bond motifs is 1. The fraction of sp³-hybridized carbons (Fsp3) is 0.281. The summed E-state index contributed by atoms with van der Waals surface area (Å²) in [6.07, 6.45) is 1.73. The number of H-pyrrole nitrogens is 1. The van der Waals surface area contributed by atoms with Crippen molar-refractivity contribution in [1.82, 2.24) is 14.9 Å². The van der Waals surface area contributed by atoms with Gasteiger partial charge in [0.15, 0.2) is 0 Å². The molecule has 216 valence electrons. The number of amides is 2. The molecule has 1 saturated carbocycles. The van der Waals surface area contributed by atoms with Crippen LogP contribution in [0, 0.1) is 5.82 Å². The van der Waals surface area contributed by atoms with Crippen LogP contribution < -0.4 is 10.6 Å². The number of likely N-dealkylation sites (N-methyl/N-ethyl adjacent to an activating group) is 1. The van der Waals surface area contributed by atoms with E-state index >= 15 is 0 Å². The van der Waals surface area contributed by atoms with Crippen molar-refractivity contribution in [2.45, 2.75) is 50.0 Å². The standard InChI is InChI=1S/C32H30F3N5O2/c1-40-31(42)27-24(18-32(40)13-5-14-32)38-28(29(27)37-22-6-3-2-4-7-22)20-12-15-36-26(16-20)39-30(41)23(17-25(34)35)19-8-10-21(33)11-9-19/h2-4,6-12,15-16,23,25,37-38H,5,13-14,17-18H2,1H3,(H,36,39,41). The minimum absolute atomic E-state index is 0.0615. The number of para-hydroxylation sites is 1. The molecule has 2 aromatic heterocycles. The van der Waals surface area contributed by atoms with Crippen LogP contribution in [0.25, 0.3) is 11.3 Å². The van der Waals surface area contributed by atoms with E-state index in [0.717, 1.165) is 42.8 Å². The van der Waals surface area contributed by atoms with Crippen molar-refractivity contribution < 1.29 is 22.8 Å². The quantitative estimate of drug-likeness (QED) is 0.214. The highest BCUT2D eigenvalue weighted by molar-refractivity contribution is 6.07. The average molecular weight is 574 g/mol. The Bertz CT molecular complexity index is 1620. The number of pyridine rings is 1. The summed E-state index contributed by atoms with van der Waals surface area (Å²) in [6, 6.07) is 17.9. The van der Waals surface area contributed by atoms with Gasteiger partial charge in [-0.25, -0.2) is 18.2 Å². The molecular formula is C32H30F3N5O2. The van der Waals surface area contributed by atoms with E-state index in [9.17, 15) is 22.8 Å². The van der Waals surface area contributed by atoms with Crippen LogP contribution in [0.4, 0.5) is 30.4 Å². The van der Waals surface area contributed by atoms with E-state index in [2.05, 4.69) is 20.6 Å². The molecule has 2 amide bonds. The summed E-state index contributed by atoms with van der Waals surface area (Å²) in [7, 11) is 1.86. The van der Waals surface area contributed by atoms with Gasteiger partial charge in [-0.1, -0.05) is 30.3 Å². The van der Waals surface area contributed by atoms with Gasteiger partial charge in [0, 0.05) is 48.6 Å². The maximum absolute atomic E-state index is 13.7. The topological polar surface area (TPSA) is 90.1 Å². The Balaban J connectivity index is 1.35. The highest BCUT2D eigenvalue weighted by Gasteiger charge is 2.49. The molecule has 42 heavy (non-hydrogen) atoms. The minimum Gasteiger partial charge on any atom is -0.356 e. The summed E-state index contributed by atoms with van der Waals surface area (Å²) >= 11 is 0. The molecule has 0 bridgehead atoms. The number of alkyl halides is 2. The number of carbonyl (C=O) groups is 2. The maximum Gasteiger partial charge on any atom is 0.258 e. The normalized spacial score (nSPS) is 16.2. The summed E-state index contributed by atoms with van der Waals surface area (Å²) in [5.74, 6) is -2.30. The van der Waals surface area contributed by atoms with Crippen molar-refractivity contribution in [1.29, 1.82) is 0 Å². The Labute approximate surface area is 241 Å². The van der Waals surface area contributed by atoms with E-state index in [1.807, 2.05) is 42.3 Å². The average Bonchev–Trinajstić information content (AvgIpc) is 3.31. The fourth-order valence-electron chi connectivity index (χ4n) is 5.99. The van der Waals surface area contributed by atoms with Crippen LogP contribution in [-0.2, 0) is 11.2 Å². The van der Waals surface area contributed by atoms with Gasteiger partial charge in [-0.15, -0.1) is 0 Å². The zero-order chi connectivity index (χ0) is 29.4. The molecule has 4 aromatic rings. The lowest BCUT2D eigenvalue weighted by Gasteiger charge is -2.51. The van der Waals surface area contributed by atoms with Crippen molar-refractivity contribution >= 4 is 29.0 Å². The van der Waals surface area contributed by atoms with Gasteiger partial charge >= 0.3 is 0 Å². The third-order valence-electron chi connectivity index (χ3n) is 8.44. The lowest BCUT2D eigenvalue weighted by atomic mass is 9.70. The molecule has 1 spiro atoms. The molecule has 1 aliphatic heterocycles. The predicted octanol–water partition coefficient (Wildman–Crippen LogP) is 6.89. The second-order valence-electron chi connectivity index (χ2n) is 11.0. The SMILES string of the molecule is CN1C(=O)c2c([nH]c(-c3ccnc(NC(=O)C(CC(F)F)c4ccc(F)cc4)c3)c2Nc2ccccc2)CC12CCC2. The van der Waals surface area contributed by atoms with Gasteiger partial charge in [-0.2, -0.15) is 0 Å². The van der Waals surface area contributed by atoms with Crippen LogP contribution in [0.15, 0.2) is 72.9 Å². The van der Waals surface area contributed by atoms with Crippen LogP contribution in [-0.4, -0.2) is 45.7 Å². The van der Waals surface area contributed by atoms with E-state index in [4.69, 9.17) is 0 Å². The Morgan fingerprint density at radius 3 is 2.50 bits per heavy atom. The predicted molar refractivity (Wildman–Crippen MR) is 155 cm³/mol. The van der Waals surface area contributed by atoms with E-state index in [1.165, 1.54) is 18.3 Å². The van der Waals surface area contributed by atoms with Crippen molar-refractivity contribution in [3.8, 4) is 11.3 Å². The highest BCUT2D eigenvalue weighted by Crippen LogP contribution is 2.47. The van der Waals surface area contributed by atoms with Gasteiger partial charge in [0.05, 0.1) is 22.9 Å². The number of carbonyl (C=O) groups excluding carboxylic acids is 2. The number of aromatic nitrogens is 2. The van der Waals surface area contributed by atoms with Gasteiger partial charge in [0.1, 0.15) is 11.6 Å². The van der Waals surface area contributed by atoms with Crippen LogP contribution in [0.1, 0.15) is 53.2 Å². The molecule has 1 unspecified atom stereocenters. The van der Waals surface area contributed by atoms with Crippen LogP contribution in [0.3, 0.4) is 0 Å². The first-order valence-electron chi connectivity index (χ1n) is 13.9. The van der Waals surface area contributed by atoms with Gasteiger partial charge in [0.2, 0.25) is 12.3 Å². The second-order valence-corrected chi connectivity index (χ2v) is 11.0. The largest absolute Gasteiger partial charge is 0.356 e. The van der Waals surface area contributed by atoms with E-state index in [-0.39, 0.29) is 22.8 Å². The molecule has 0 saturated heterocycles. The number of hydrogen-bond acceptors (Lipinski definition) is 4. The van der Waals surface area contributed by atoms with E-state index in [0.29, 0.717) is 28.9 Å². The van der Waals surface area contributed by atoms with Crippen LogP contribution in [0.5, 0.6) is 0 Å². The summed E-state index contributed by atoms with van der Waals surface area (Å²) in [6.45, 7) is 0. The zero-order valence-corrected chi connectivity index (χ0v) is 23.0. The Kier molecular flexibility index (Phi) is 7.22. The molecule has 0 radical (unpaired) electrons. The molecule has 7 nitrogen and oxygen atoms in total. The summed E-state index contributed by atoms with van der Waals surface area (Å²) in [5, 5.41) is 6.08. The maximum atomic E-state index is 13.7. The lowest BCUT2D eigenvalue weighted by molar-refractivity contribution is -0.118. The first-order chi connectivity index (χ1) is 20.2. The van der Waals surface area contributed by atoms with Gasteiger partial charge in [-0.3, -0.25) is 9.59 Å². The molecule has 2 aromatic carbocycles. The lowest BCUT2D eigenvalue weighted by Crippen LogP contribution is -2.58. The van der Waals surface area contributed by atoms with Crippen molar-refractivity contribution in [3.05, 3.63) is 95.6 Å². The summed E-state index contributed by atoms with van der Waals surface area (Å²) < 4.78 is 40.2. The number of benzene rings is 2. The Morgan fingerprint density at radius 1 is 1.10 bits per heavy atom. The second kappa shape index (κ2) is 11.0. The molecular weight excluding hydrogens is 543 g/mol. The van der Waals surface area contributed by atoms with Crippen molar-refractivity contribution in [2.75, 3.05) is 17.7 Å². The van der Waals surface area contributed by atoms with E-state index < -0.39 is 30.5 Å². The number of halogens is 3. The molecule has 10 heteroatoms. The molecule has 3 heterocycles. The van der Waals surface area contributed by atoms with E-state index in [1.54, 1.807) is 12.1 Å². The third kappa shape index (κ3) is 5.13. The first kappa shape index (κ1) is 27.6. The first-order valence-corrected chi connectivity index (χ1v) is 13.9. The number of nitrogens with zero attached hydrogens (tertiary/aromatic N) is 2. The van der Waals surface area contributed by atoms with Crippen molar-refractivity contribution in [3.63, 3.8) is 0 Å². The molecule has 1 aliphatic carbocycles. The van der Waals surface area contributed by atoms with Gasteiger partial charge < -0.3 is 20.5 Å². The molecule has 3 N–H and O–H groups in total. The monoisotopic (exact) mass is 573 g/mol. The number of hydrogen-bond donors (Lipinski definition) is 3. The number of anilines is 3. The smallest absolute Gasteiger partial charge is 0.258 e. The summed E-state index contributed by atoms with van der Waals surface area (Å²) in [4.78, 5) is 36.5. The third-order valence-corrected chi connectivity index (χ3v) is 8.44. The van der Waals surface area contributed by atoms with Crippen LogP contribution in [0.2, 0.25) is 0 Å². The molecule has 6 rings (SSSR count). The Morgan fingerprint density at radius 2 is 1.83 bits per heavy atom. The number of nitrogens with one attached hydrogen (secondary N) is 3. The molecule has 2 aliphatic rings. The van der Waals surface area contributed by atoms with Gasteiger partial charge in [0.25, 0.3) is 5.91 Å². The number of rotatable bonds is 8. The Hall–Kier alpha value is -4.60. The minimum atomic E-state index is -2.74. The summed E-state index contributed by atoms with van der Waals surface area (Å²) in [5.41, 5.74) is 4.24. The molecule has 1 fully saturated rings. The van der Waals surface area contributed by atoms with Gasteiger partial charge in [-0.05, 0) is 61.2 Å². The zero-order valence-electron chi connectivity index (χ0n) is 23.0. The fourth-order valence-corrected chi connectivity index (χ4v) is 5.99.